The topological polar surface area (TPSA) is 40.5 Å². The number of hydrogen-bond acceptors (Lipinski definition) is 4. The number of rotatable bonds is 3. The van der Waals surface area contributed by atoms with Crippen LogP contribution in [0.5, 0.6) is 0 Å². The van der Waals surface area contributed by atoms with E-state index in [1.165, 1.54) is 11.3 Å². The van der Waals surface area contributed by atoms with E-state index in [9.17, 15) is 4.79 Å². The third-order valence-electron chi connectivity index (χ3n) is 4.47. The van der Waals surface area contributed by atoms with Crippen molar-refractivity contribution in [1.82, 2.24) is 4.57 Å². The molecule has 22 heavy (non-hydrogen) atoms. The van der Waals surface area contributed by atoms with E-state index in [0.29, 0.717) is 6.54 Å². The Morgan fingerprint density at radius 3 is 2.45 bits per heavy atom. The molecule has 0 unspecified atom stereocenters. The predicted octanol–water partition coefficient (Wildman–Crippen LogP) is 2.26. The minimum Gasteiger partial charge on any atom is -0.399 e. The molecule has 4 nitrogen and oxygen atoms in total. The normalized spacial score (nSPS) is 19.5. The van der Waals surface area contributed by atoms with Crippen molar-refractivity contribution in [1.29, 1.82) is 0 Å². The Morgan fingerprint density at radius 1 is 1.18 bits per heavy atom. The standard InChI is InChI=1S/C16H20BNO3S/c1-15(2)16(3,4)21-17(20-15)13-7-5-6-12(10-13)11-18-8-9-22-14(18)19/h5-10H,11H2,1-4H3. The molecule has 1 aliphatic rings. The van der Waals surface area contributed by atoms with Crippen LogP contribution in [0.25, 0.3) is 0 Å². The Labute approximate surface area is 134 Å². The lowest BCUT2D eigenvalue weighted by molar-refractivity contribution is 0.00578. The summed E-state index contributed by atoms with van der Waals surface area (Å²) in [6.45, 7) is 8.74. The average Bonchev–Trinajstić information content (AvgIpc) is 2.92. The maximum atomic E-state index is 11.7. The fraction of sp³-hybridized carbons (Fsp3) is 0.438. The Balaban J connectivity index is 1.84. The lowest BCUT2D eigenvalue weighted by atomic mass is 9.78. The van der Waals surface area contributed by atoms with E-state index < -0.39 is 0 Å². The third-order valence-corrected chi connectivity index (χ3v) is 5.17. The Morgan fingerprint density at radius 2 is 1.86 bits per heavy atom. The second-order valence-electron chi connectivity index (χ2n) is 6.63. The minimum atomic E-state index is -0.371. The number of hydrogen-bond donors (Lipinski definition) is 0. The number of nitrogens with zero attached hydrogens (tertiary/aromatic N) is 1. The highest BCUT2D eigenvalue weighted by Gasteiger charge is 2.51. The zero-order valence-electron chi connectivity index (χ0n) is 13.3. The van der Waals surface area contributed by atoms with Crippen LogP contribution in [-0.2, 0) is 15.9 Å². The van der Waals surface area contributed by atoms with Crippen LogP contribution < -0.4 is 10.3 Å². The van der Waals surface area contributed by atoms with Gasteiger partial charge in [-0.25, -0.2) is 0 Å². The Kier molecular flexibility index (Phi) is 3.79. The van der Waals surface area contributed by atoms with Gasteiger partial charge in [0.05, 0.1) is 17.7 Å². The summed E-state index contributed by atoms with van der Waals surface area (Å²) in [6, 6.07) is 8.04. The molecule has 1 saturated heterocycles. The van der Waals surface area contributed by atoms with Crippen LogP contribution >= 0.6 is 11.3 Å². The molecule has 0 bridgehead atoms. The van der Waals surface area contributed by atoms with Crippen molar-refractivity contribution in [2.45, 2.75) is 45.4 Å². The molecule has 2 aromatic rings. The minimum absolute atomic E-state index is 0.0565. The molecule has 0 atom stereocenters. The van der Waals surface area contributed by atoms with Gasteiger partial charge in [-0.2, -0.15) is 0 Å². The summed E-state index contributed by atoms with van der Waals surface area (Å²) >= 11 is 1.21. The van der Waals surface area contributed by atoms with Gasteiger partial charge in [0.1, 0.15) is 0 Å². The first-order valence-electron chi connectivity index (χ1n) is 7.37. The summed E-state index contributed by atoms with van der Waals surface area (Å²) in [4.78, 5) is 11.7. The number of thiazole rings is 1. The van der Waals surface area contributed by atoms with E-state index in [0.717, 1.165) is 11.0 Å². The summed E-state index contributed by atoms with van der Waals surface area (Å²) < 4.78 is 13.9. The smallest absolute Gasteiger partial charge is 0.399 e. The van der Waals surface area contributed by atoms with Crippen LogP contribution in [0.1, 0.15) is 33.3 Å². The van der Waals surface area contributed by atoms with Crippen LogP contribution in [0, 0.1) is 0 Å². The highest BCUT2D eigenvalue weighted by Crippen LogP contribution is 2.36. The molecule has 1 aliphatic heterocycles. The van der Waals surface area contributed by atoms with E-state index in [4.69, 9.17) is 9.31 Å². The molecule has 1 aromatic carbocycles. The van der Waals surface area contributed by atoms with Crippen LogP contribution in [0.4, 0.5) is 0 Å². The summed E-state index contributed by atoms with van der Waals surface area (Å²) in [6.07, 6.45) is 1.81. The van der Waals surface area contributed by atoms with Crippen molar-refractivity contribution in [2.24, 2.45) is 0 Å². The molecule has 116 valence electrons. The van der Waals surface area contributed by atoms with Crippen molar-refractivity contribution < 1.29 is 9.31 Å². The number of benzene rings is 1. The van der Waals surface area contributed by atoms with Crippen LogP contribution in [0.3, 0.4) is 0 Å². The van der Waals surface area contributed by atoms with E-state index in [2.05, 4.69) is 0 Å². The van der Waals surface area contributed by atoms with Gasteiger partial charge in [-0.3, -0.25) is 4.79 Å². The van der Waals surface area contributed by atoms with Gasteiger partial charge in [0.15, 0.2) is 0 Å². The maximum Gasteiger partial charge on any atom is 0.494 e. The lowest BCUT2D eigenvalue weighted by Crippen LogP contribution is -2.41. The quantitative estimate of drug-likeness (QED) is 0.815. The van der Waals surface area contributed by atoms with Gasteiger partial charge < -0.3 is 13.9 Å². The molecule has 3 rings (SSSR count). The summed E-state index contributed by atoms with van der Waals surface area (Å²) in [5.41, 5.74) is 1.35. The second-order valence-corrected chi connectivity index (χ2v) is 7.49. The summed E-state index contributed by atoms with van der Waals surface area (Å²) in [5, 5.41) is 1.81. The molecule has 0 amide bonds. The molecule has 0 spiro atoms. The lowest BCUT2D eigenvalue weighted by Gasteiger charge is -2.32. The predicted molar refractivity (Wildman–Crippen MR) is 89.8 cm³/mol. The van der Waals surface area contributed by atoms with E-state index in [1.54, 1.807) is 9.95 Å². The fourth-order valence-electron chi connectivity index (χ4n) is 2.42. The van der Waals surface area contributed by atoms with Crippen molar-refractivity contribution in [3.05, 3.63) is 51.1 Å². The molecule has 6 heteroatoms. The molecule has 1 fully saturated rings. The van der Waals surface area contributed by atoms with Crippen molar-refractivity contribution in [3.63, 3.8) is 0 Å². The Hall–Kier alpha value is -1.37. The largest absolute Gasteiger partial charge is 0.494 e. The summed E-state index contributed by atoms with van der Waals surface area (Å²) in [7, 11) is -0.371. The first-order chi connectivity index (χ1) is 10.3. The zero-order chi connectivity index (χ0) is 16.0. The highest BCUT2D eigenvalue weighted by atomic mass is 32.1. The maximum absolute atomic E-state index is 11.7. The van der Waals surface area contributed by atoms with Crippen molar-refractivity contribution >= 4 is 23.9 Å². The van der Waals surface area contributed by atoms with Crippen LogP contribution in [0.2, 0.25) is 0 Å². The van der Waals surface area contributed by atoms with Gasteiger partial charge in [-0.1, -0.05) is 35.6 Å². The average molecular weight is 317 g/mol. The van der Waals surface area contributed by atoms with E-state index in [-0.39, 0.29) is 23.2 Å². The van der Waals surface area contributed by atoms with E-state index >= 15 is 0 Å². The van der Waals surface area contributed by atoms with Gasteiger partial charge in [-0.15, -0.1) is 0 Å². The van der Waals surface area contributed by atoms with Crippen LogP contribution in [-0.4, -0.2) is 22.9 Å². The monoisotopic (exact) mass is 317 g/mol. The first-order valence-corrected chi connectivity index (χ1v) is 8.25. The summed E-state index contributed by atoms with van der Waals surface area (Å²) in [5.74, 6) is 0. The highest BCUT2D eigenvalue weighted by molar-refractivity contribution is 7.07. The molecule has 0 aliphatic carbocycles. The van der Waals surface area contributed by atoms with Gasteiger partial charge in [-0.05, 0) is 38.7 Å². The van der Waals surface area contributed by atoms with Gasteiger partial charge in [0.2, 0.25) is 0 Å². The Bertz CT molecular complexity index is 719. The van der Waals surface area contributed by atoms with Gasteiger partial charge in [0, 0.05) is 11.6 Å². The molecule has 2 heterocycles. The van der Waals surface area contributed by atoms with Crippen LogP contribution in [0.15, 0.2) is 40.6 Å². The fourth-order valence-corrected chi connectivity index (χ4v) is 3.01. The molecule has 0 saturated carbocycles. The molecule has 1 aromatic heterocycles. The van der Waals surface area contributed by atoms with Gasteiger partial charge in [0.25, 0.3) is 0 Å². The molecule has 0 radical (unpaired) electrons. The molecular weight excluding hydrogens is 297 g/mol. The second kappa shape index (κ2) is 5.37. The van der Waals surface area contributed by atoms with Gasteiger partial charge >= 0.3 is 12.0 Å². The molecular formula is C16H20BNO3S. The number of aromatic nitrogens is 1. The first kappa shape index (κ1) is 15.5. The molecule has 0 N–H and O–H groups in total. The zero-order valence-corrected chi connectivity index (χ0v) is 14.1. The third kappa shape index (κ3) is 2.78. The van der Waals surface area contributed by atoms with E-state index in [1.807, 2.05) is 58.2 Å². The SMILES string of the molecule is CC1(C)OB(c2cccc(Cn3ccsc3=O)c2)OC1(C)C. The van der Waals surface area contributed by atoms with Crippen molar-refractivity contribution in [3.8, 4) is 0 Å². The van der Waals surface area contributed by atoms with Crippen molar-refractivity contribution in [2.75, 3.05) is 0 Å².